The molecule has 0 saturated carbocycles. The molecule has 0 amide bonds. The number of hydrogen-bond donors (Lipinski definition) is 3. The Balaban J connectivity index is 2.30. The lowest BCUT2D eigenvalue weighted by Gasteiger charge is -2.15. The van der Waals surface area contributed by atoms with Crippen LogP contribution in [-0.2, 0) is 4.74 Å². The van der Waals surface area contributed by atoms with E-state index in [0.717, 1.165) is 0 Å². The first-order valence-electron chi connectivity index (χ1n) is 5.32. The van der Waals surface area contributed by atoms with Crippen LogP contribution in [-0.4, -0.2) is 38.6 Å². The molecule has 94 valence electrons. The number of rotatable bonds is 2. The Morgan fingerprint density at radius 1 is 1.71 bits per heavy atom. The van der Waals surface area contributed by atoms with Crippen molar-refractivity contribution in [2.45, 2.75) is 31.8 Å². The maximum absolute atomic E-state index is 11.6. The highest BCUT2D eigenvalue weighted by molar-refractivity contribution is 5.35. The normalized spacial score (nSPS) is 28.5. The fraction of sp³-hybridized carbons (Fsp3) is 0.600. The van der Waals surface area contributed by atoms with E-state index in [-0.39, 0.29) is 18.8 Å². The van der Waals surface area contributed by atoms with E-state index in [1.54, 1.807) is 13.1 Å². The van der Waals surface area contributed by atoms with Crippen LogP contribution in [0.15, 0.2) is 11.0 Å². The van der Waals surface area contributed by atoms with Crippen LogP contribution < -0.4 is 11.4 Å². The lowest BCUT2D eigenvalue weighted by molar-refractivity contribution is -0.0459. The SMILES string of the molecule is Cc1cn(C2C[C@H](O)[C@@H](CO)O2)c(=O)nc1N. The van der Waals surface area contributed by atoms with Gasteiger partial charge in [0, 0.05) is 18.2 Å². The van der Waals surface area contributed by atoms with Gasteiger partial charge in [0.1, 0.15) is 18.1 Å². The fourth-order valence-corrected chi connectivity index (χ4v) is 1.84. The lowest BCUT2D eigenvalue weighted by atomic mass is 10.2. The molecule has 1 aliphatic rings. The van der Waals surface area contributed by atoms with Crippen LogP contribution in [0.1, 0.15) is 18.2 Å². The molecule has 0 aliphatic carbocycles. The summed E-state index contributed by atoms with van der Waals surface area (Å²) >= 11 is 0. The summed E-state index contributed by atoms with van der Waals surface area (Å²) in [6.07, 6.45) is -0.265. The number of nitrogens with two attached hydrogens (primary N) is 1. The molecule has 2 rings (SSSR count). The largest absolute Gasteiger partial charge is 0.394 e. The summed E-state index contributed by atoms with van der Waals surface area (Å²) in [4.78, 5) is 15.3. The second-order valence-corrected chi connectivity index (χ2v) is 4.11. The number of nitrogen functional groups attached to an aromatic ring is 1. The van der Waals surface area contributed by atoms with Crippen LogP contribution in [0.25, 0.3) is 0 Å². The van der Waals surface area contributed by atoms with E-state index < -0.39 is 24.1 Å². The van der Waals surface area contributed by atoms with Gasteiger partial charge in [0.15, 0.2) is 0 Å². The van der Waals surface area contributed by atoms with E-state index in [2.05, 4.69) is 4.98 Å². The Kier molecular flexibility index (Phi) is 3.14. The van der Waals surface area contributed by atoms with E-state index in [1.165, 1.54) is 4.57 Å². The molecule has 1 saturated heterocycles. The van der Waals surface area contributed by atoms with Crippen molar-refractivity contribution >= 4 is 5.82 Å². The van der Waals surface area contributed by atoms with Crippen molar-refractivity contribution in [1.82, 2.24) is 9.55 Å². The van der Waals surface area contributed by atoms with Crippen molar-refractivity contribution in [3.05, 3.63) is 22.2 Å². The molecule has 0 bridgehead atoms. The average molecular weight is 241 g/mol. The first kappa shape index (κ1) is 12.0. The number of nitrogens with zero attached hydrogens (tertiary/aromatic N) is 2. The third kappa shape index (κ3) is 2.17. The molecule has 1 aliphatic heterocycles. The van der Waals surface area contributed by atoms with Gasteiger partial charge in [-0.25, -0.2) is 4.79 Å². The first-order chi connectivity index (χ1) is 8.02. The molecule has 7 heteroatoms. The van der Waals surface area contributed by atoms with Crippen molar-refractivity contribution in [2.75, 3.05) is 12.3 Å². The Hall–Kier alpha value is -1.44. The van der Waals surface area contributed by atoms with Crippen LogP contribution in [0, 0.1) is 6.92 Å². The number of aryl methyl sites for hydroxylation is 1. The minimum Gasteiger partial charge on any atom is -0.394 e. The van der Waals surface area contributed by atoms with Gasteiger partial charge < -0.3 is 20.7 Å². The maximum Gasteiger partial charge on any atom is 0.351 e. The van der Waals surface area contributed by atoms with Crippen LogP contribution >= 0.6 is 0 Å². The Labute approximate surface area is 97.5 Å². The molecule has 17 heavy (non-hydrogen) atoms. The van der Waals surface area contributed by atoms with Gasteiger partial charge in [-0.2, -0.15) is 4.98 Å². The average Bonchev–Trinajstić information content (AvgIpc) is 2.65. The summed E-state index contributed by atoms with van der Waals surface area (Å²) < 4.78 is 6.65. The summed E-state index contributed by atoms with van der Waals surface area (Å²) in [5.74, 6) is 0.184. The molecular formula is C10H15N3O4. The summed E-state index contributed by atoms with van der Waals surface area (Å²) in [7, 11) is 0. The van der Waals surface area contributed by atoms with Gasteiger partial charge in [0.25, 0.3) is 0 Å². The fourth-order valence-electron chi connectivity index (χ4n) is 1.84. The zero-order chi connectivity index (χ0) is 12.6. The van der Waals surface area contributed by atoms with Crippen molar-refractivity contribution in [3.63, 3.8) is 0 Å². The highest BCUT2D eigenvalue weighted by atomic mass is 16.5. The predicted octanol–water partition coefficient (Wildman–Crippen LogP) is -1.23. The quantitative estimate of drug-likeness (QED) is 0.598. The molecule has 4 N–H and O–H groups in total. The number of aliphatic hydroxyl groups is 2. The number of hydrogen-bond acceptors (Lipinski definition) is 6. The topological polar surface area (TPSA) is 111 Å². The number of ether oxygens (including phenoxy) is 1. The zero-order valence-electron chi connectivity index (χ0n) is 9.41. The van der Waals surface area contributed by atoms with E-state index in [4.69, 9.17) is 15.6 Å². The van der Waals surface area contributed by atoms with E-state index in [0.29, 0.717) is 5.56 Å². The van der Waals surface area contributed by atoms with E-state index in [9.17, 15) is 9.90 Å². The van der Waals surface area contributed by atoms with Crippen LogP contribution in [0.2, 0.25) is 0 Å². The number of aromatic nitrogens is 2. The molecule has 1 aromatic heterocycles. The second kappa shape index (κ2) is 4.44. The zero-order valence-corrected chi connectivity index (χ0v) is 9.41. The van der Waals surface area contributed by atoms with Crippen molar-refractivity contribution in [3.8, 4) is 0 Å². The molecule has 7 nitrogen and oxygen atoms in total. The standard InChI is InChI=1S/C10H15N3O4/c1-5-3-13(10(16)12-9(5)11)8-2-6(15)7(4-14)17-8/h3,6-8,14-15H,2,4H2,1H3,(H2,11,12,16)/t6-,7+,8?/m0/s1. The molecule has 3 atom stereocenters. The predicted molar refractivity (Wildman–Crippen MR) is 59.3 cm³/mol. The Bertz CT molecular complexity index is 473. The summed E-state index contributed by atoms with van der Waals surface area (Å²) in [5, 5.41) is 18.6. The van der Waals surface area contributed by atoms with Gasteiger partial charge in [0.05, 0.1) is 12.7 Å². The minimum atomic E-state index is -0.783. The van der Waals surface area contributed by atoms with E-state index >= 15 is 0 Å². The minimum absolute atomic E-state index is 0.184. The summed E-state index contributed by atoms with van der Waals surface area (Å²) in [6.45, 7) is 1.45. The highest BCUT2D eigenvalue weighted by Crippen LogP contribution is 2.27. The third-order valence-electron chi connectivity index (χ3n) is 2.87. The molecule has 1 unspecified atom stereocenters. The second-order valence-electron chi connectivity index (χ2n) is 4.11. The Morgan fingerprint density at radius 3 is 3.00 bits per heavy atom. The molecular weight excluding hydrogens is 226 g/mol. The van der Waals surface area contributed by atoms with Crippen LogP contribution in [0.5, 0.6) is 0 Å². The Morgan fingerprint density at radius 2 is 2.41 bits per heavy atom. The molecule has 0 aromatic carbocycles. The molecule has 2 heterocycles. The van der Waals surface area contributed by atoms with Crippen molar-refractivity contribution < 1.29 is 14.9 Å². The summed E-state index contributed by atoms with van der Waals surface area (Å²) in [6, 6.07) is 0. The molecule has 0 spiro atoms. The van der Waals surface area contributed by atoms with Gasteiger partial charge in [-0.3, -0.25) is 4.57 Å². The number of anilines is 1. The molecule has 1 aromatic rings. The van der Waals surface area contributed by atoms with Crippen molar-refractivity contribution in [2.24, 2.45) is 0 Å². The van der Waals surface area contributed by atoms with Gasteiger partial charge in [-0.1, -0.05) is 0 Å². The number of aliphatic hydroxyl groups excluding tert-OH is 2. The summed E-state index contributed by atoms with van der Waals surface area (Å²) in [5.41, 5.74) is 5.65. The molecule has 0 radical (unpaired) electrons. The highest BCUT2D eigenvalue weighted by Gasteiger charge is 2.35. The van der Waals surface area contributed by atoms with Gasteiger partial charge in [-0.15, -0.1) is 0 Å². The van der Waals surface area contributed by atoms with Gasteiger partial charge >= 0.3 is 5.69 Å². The van der Waals surface area contributed by atoms with Gasteiger partial charge in [-0.05, 0) is 6.92 Å². The van der Waals surface area contributed by atoms with E-state index in [1.807, 2.05) is 0 Å². The van der Waals surface area contributed by atoms with Crippen LogP contribution in [0.3, 0.4) is 0 Å². The van der Waals surface area contributed by atoms with Crippen molar-refractivity contribution in [1.29, 1.82) is 0 Å². The lowest BCUT2D eigenvalue weighted by Crippen LogP contribution is -2.28. The van der Waals surface area contributed by atoms with Crippen LogP contribution in [0.4, 0.5) is 5.82 Å². The smallest absolute Gasteiger partial charge is 0.351 e. The first-order valence-corrected chi connectivity index (χ1v) is 5.32. The third-order valence-corrected chi connectivity index (χ3v) is 2.87. The molecule has 1 fully saturated rings. The van der Waals surface area contributed by atoms with Gasteiger partial charge in [0.2, 0.25) is 0 Å². The monoisotopic (exact) mass is 241 g/mol. The maximum atomic E-state index is 11.6.